The minimum absolute atomic E-state index is 0.112. The quantitative estimate of drug-likeness (QED) is 0.371. The molecule has 0 spiro atoms. The maximum absolute atomic E-state index is 12.8. The van der Waals surface area contributed by atoms with Gasteiger partial charge in [0.1, 0.15) is 23.6 Å². The number of rotatable bonds is 7. The van der Waals surface area contributed by atoms with Crippen molar-refractivity contribution in [3.8, 4) is 5.75 Å². The van der Waals surface area contributed by atoms with Crippen LogP contribution in [0.2, 0.25) is 0 Å². The fraction of sp³-hybridized carbons (Fsp3) is 0.724. The molecule has 1 aliphatic heterocycles. The van der Waals surface area contributed by atoms with Crippen molar-refractivity contribution in [3.05, 3.63) is 28.8 Å². The highest BCUT2D eigenvalue weighted by Crippen LogP contribution is 2.41. The van der Waals surface area contributed by atoms with Gasteiger partial charge in [0.05, 0.1) is 0 Å². The van der Waals surface area contributed by atoms with Gasteiger partial charge < -0.3 is 33.5 Å². The molecule has 2 rings (SSSR count). The monoisotopic (exact) mass is 538 g/mol. The number of aryl methyl sites for hydroxylation is 1. The predicted octanol–water partition coefficient (Wildman–Crippen LogP) is 5.17. The first kappa shape index (κ1) is 32.0. The van der Waals surface area contributed by atoms with Crippen LogP contribution in [0.3, 0.4) is 0 Å². The van der Waals surface area contributed by atoms with Crippen LogP contribution in [0.5, 0.6) is 5.75 Å². The third kappa shape index (κ3) is 8.93. The lowest BCUT2D eigenvalue weighted by molar-refractivity contribution is -0.305. The highest BCUT2D eigenvalue weighted by Gasteiger charge is 2.40. The van der Waals surface area contributed by atoms with Crippen LogP contribution >= 0.6 is 0 Å². The molecule has 9 nitrogen and oxygen atoms in total. The molecular formula is C29H46O9. The van der Waals surface area contributed by atoms with Gasteiger partial charge >= 0.3 is 12.1 Å². The molecule has 1 saturated heterocycles. The average Bonchev–Trinajstić information content (AvgIpc) is 2.75. The standard InChI is InChI=1S/C29H46O9/c1-27(2,3)18-14-17(15-19(28(4,5)6)23(18)37-26(32)38-29(7,8)9)12-13-21(30)35-20-16-22(33-10)36-25(31)24(20)34-11/h14-15,20,22,24-25,31H,12-13,16H2,1-11H3. The summed E-state index contributed by atoms with van der Waals surface area (Å²) in [6, 6.07) is 3.94. The summed E-state index contributed by atoms with van der Waals surface area (Å²) in [5, 5.41) is 10.2. The van der Waals surface area contributed by atoms with Crippen LogP contribution in [-0.4, -0.2) is 61.8 Å². The minimum atomic E-state index is -1.27. The topological polar surface area (TPSA) is 110 Å². The van der Waals surface area contributed by atoms with Crippen LogP contribution in [0.1, 0.15) is 91.8 Å². The highest BCUT2D eigenvalue weighted by molar-refractivity contribution is 5.70. The molecule has 0 bridgehead atoms. The Kier molecular flexibility index (Phi) is 10.4. The summed E-state index contributed by atoms with van der Waals surface area (Å²) in [6.45, 7) is 17.6. The maximum atomic E-state index is 12.8. The van der Waals surface area contributed by atoms with E-state index in [0.29, 0.717) is 12.2 Å². The first-order valence-corrected chi connectivity index (χ1v) is 13.0. The van der Waals surface area contributed by atoms with Crippen molar-refractivity contribution in [3.63, 3.8) is 0 Å². The van der Waals surface area contributed by atoms with E-state index >= 15 is 0 Å². The predicted molar refractivity (Wildman–Crippen MR) is 142 cm³/mol. The van der Waals surface area contributed by atoms with Gasteiger partial charge in [-0.05, 0) is 43.6 Å². The molecule has 0 aromatic heterocycles. The number of hydrogen-bond donors (Lipinski definition) is 1. The fourth-order valence-electron chi connectivity index (χ4n) is 4.22. The summed E-state index contributed by atoms with van der Waals surface area (Å²) in [4.78, 5) is 25.5. The molecule has 38 heavy (non-hydrogen) atoms. The molecule has 4 atom stereocenters. The van der Waals surface area contributed by atoms with Crippen LogP contribution < -0.4 is 4.74 Å². The van der Waals surface area contributed by atoms with E-state index in [1.54, 1.807) is 20.8 Å². The Morgan fingerprint density at radius 1 is 0.947 bits per heavy atom. The average molecular weight is 539 g/mol. The Balaban J connectivity index is 2.31. The van der Waals surface area contributed by atoms with Gasteiger partial charge in [-0.3, -0.25) is 4.79 Å². The molecule has 1 fully saturated rings. The number of carbonyl (C=O) groups is 2. The second-order valence-electron chi connectivity index (χ2n) is 12.7. The van der Waals surface area contributed by atoms with E-state index < -0.39 is 42.5 Å². The third-order valence-corrected chi connectivity index (χ3v) is 6.14. The molecule has 0 saturated carbocycles. The molecule has 1 N–H and O–H groups in total. The first-order chi connectivity index (χ1) is 17.4. The van der Waals surface area contributed by atoms with E-state index in [4.69, 9.17) is 28.4 Å². The van der Waals surface area contributed by atoms with Crippen LogP contribution in [0.4, 0.5) is 4.79 Å². The number of hydrogen-bond acceptors (Lipinski definition) is 9. The van der Waals surface area contributed by atoms with Crippen molar-refractivity contribution in [2.45, 2.75) is 123 Å². The van der Waals surface area contributed by atoms with Gasteiger partial charge in [-0.1, -0.05) is 53.7 Å². The van der Waals surface area contributed by atoms with Crippen molar-refractivity contribution in [2.24, 2.45) is 0 Å². The largest absolute Gasteiger partial charge is 0.514 e. The molecule has 0 radical (unpaired) electrons. The Labute approximate surface area is 227 Å². The maximum Gasteiger partial charge on any atom is 0.514 e. The molecule has 9 heteroatoms. The zero-order chi connectivity index (χ0) is 29.1. The molecule has 1 aromatic carbocycles. The Bertz CT molecular complexity index is 931. The van der Waals surface area contributed by atoms with E-state index in [-0.39, 0.29) is 23.7 Å². The lowest BCUT2D eigenvalue weighted by Crippen LogP contribution is -2.51. The Morgan fingerprint density at radius 3 is 1.95 bits per heavy atom. The SMILES string of the molecule is COC1CC(OC(=O)CCc2cc(C(C)(C)C)c(OC(=O)OC(C)(C)C)c(C(C)(C)C)c2)C(OC)C(O)O1. The zero-order valence-electron chi connectivity index (χ0n) is 24.8. The molecule has 216 valence electrons. The van der Waals surface area contributed by atoms with Gasteiger partial charge in [0.2, 0.25) is 0 Å². The van der Waals surface area contributed by atoms with Gasteiger partial charge in [0.15, 0.2) is 12.6 Å². The van der Waals surface area contributed by atoms with Crippen molar-refractivity contribution >= 4 is 12.1 Å². The fourth-order valence-corrected chi connectivity index (χ4v) is 4.22. The smallest absolute Gasteiger partial charge is 0.459 e. The number of esters is 1. The summed E-state index contributed by atoms with van der Waals surface area (Å²) in [7, 11) is 2.88. The van der Waals surface area contributed by atoms with E-state index in [1.807, 2.05) is 53.7 Å². The molecular weight excluding hydrogens is 492 g/mol. The van der Waals surface area contributed by atoms with Gasteiger partial charge in [-0.15, -0.1) is 0 Å². The number of ether oxygens (including phenoxy) is 6. The number of aliphatic hydroxyl groups is 1. The molecule has 4 unspecified atom stereocenters. The number of benzene rings is 1. The highest BCUT2D eigenvalue weighted by atomic mass is 16.7. The van der Waals surface area contributed by atoms with Crippen LogP contribution in [0.25, 0.3) is 0 Å². The van der Waals surface area contributed by atoms with Crippen molar-refractivity contribution in [1.29, 1.82) is 0 Å². The number of carbonyl (C=O) groups excluding carboxylic acids is 2. The van der Waals surface area contributed by atoms with Gasteiger partial charge in [0.25, 0.3) is 0 Å². The summed E-state index contributed by atoms with van der Waals surface area (Å²) in [6.07, 6.45) is -3.47. The summed E-state index contributed by atoms with van der Waals surface area (Å²) in [5.74, 6) is 0.0556. The van der Waals surface area contributed by atoms with Crippen molar-refractivity contribution < 1.29 is 43.1 Å². The molecule has 1 heterocycles. The molecule has 1 aliphatic rings. The summed E-state index contributed by atoms with van der Waals surface area (Å²) < 4.78 is 32.7. The third-order valence-electron chi connectivity index (χ3n) is 6.14. The Hall–Kier alpha value is -2.20. The summed E-state index contributed by atoms with van der Waals surface area (Å²) in [5.41, 5.74) is 1.20. The van der Waals surface area contributed by atoms with Gasteiger partial charge in [0, 0.05) is 38.2 Å². The zero-order valence-corrected chi connectivity index (χ0v) is 24.8. The first-order valence-electron chi connectivity index (χ1n) is 13.0. The van der Waals surface area contributed by atoms with Crippen LogP contribution in [-0.2, 0) is 45.7 Å². The van der Waals surface area contributed by atoms with Gasteiger partial charge in [-0.25, -0.2) is 4.79 Å². The second kappa shape index (κ2) is 12.3. The van der Waals surface area contributed by atoms with Crippen molar-refractivity contribution in [1.82, 2.24) is 0 Å². The van der Waals surface area contributed by atoms with Crippen molar-refractivity contribution in [2.75, 3.05) is 14.2 Å². The lowest BCUT2D eigenvalue weighted by atomic mass is 9.78. The van der Waals surface area contributed by atoms with E-state index in [2.05, 4.69) is 0 Å². The lowest BCUT2D eigenvalue weighted by Gasteiger charge is -2.37. The minimum Gasteiger partial charge on any atom is -0.459 e. The van der Waals surface area contributed by atoms with Crippen LogP contribution in [0, 0.1) is 0 Å². The molecule has 0 aliphatic carbocycles. The van der Waals surface area contributed by atoms with E-state index in [1.165, 1.54) is 14.2 Å². The van der Waals surface area contributed by atoms with Gasteiger partial charge in [-0.2, -0.15) is 0 Å². The number of aliphatic hydroxyl groups excluding tert-OH is 1. The normalized spacial score (nSPS) is 22.6. The summed E-state index contributed by atoms with van der Waals surface area (Å²) >= 11 is 0. The van der Waals surface area contributed by atoms with E-state index in [0.717, 1.165) is 16.7 Å². The number of methoxy groups -OCH3 is 2. The second-order valence-corrected chi connectivity index (χ2v) is 12.7. The van der Waals surface area contributed by atoms with E-state index in [9.17, 15) is 14.7 Å². The molecule has 1 aromatic rings. The Morgan fingerprint density at radius 2 is 1.50 bits per heavy atom. The van der Waals surface area contributed by atoms with Crippen LogP contribution in [0.15, 0.2) is 12.1 Å². The molecule has 0 amide bonds.